The molecule has 0 aliphatic carbocycles. The van der Waals surface area contributed by atoms with Crippen LogP contribution in [-0.2, 0) is 17.8 Å². The molecule has 0 unspecified atom stereocenters. The van der Waals surface area contributed by atoms with Crippen LogP contribution in [0.25, 0.3) is 11.5 Å². The predicted molar refractivity (Wildman–Crippen MR) is 81.7 cm³/mol. The Bertz CT molecular complexity index is 739. The molecule has 1 heterocycles. The van der Waals surface area contributed by atoms with E-state index in [0.29, 0.717) is 18.1 Å². The molecule has 0 saturated heterocycles. The molecule has 0 radical (unpaired) electrons. The Labute approximate surface area is 128 Å². The maximum atomic E-state index is 11.9. The van der Waals surface area contributed by atoms with Crippen LogP contribution in [0.1, 0.15) is 11.4 Å². The molecule has 1 N–H and O–H groups in total. The summed E-state index contributed by atoms with van der Waals surface area (Å²) in [6.45, 7) is 0.252. The van der Waals surface area contributed by atoms with Crippen molar-refractivity contribution >= 4 is 5.91 Å². The van der Waals surface area contributed by atoms with E-state index in [2.05, 4.69) is 15.5 Å². The van der Waals surface area contributed by atoms with Crippen molar-refractivity contribution in [1.82, 2.24) is 15.5 Å². The van der Waals surface area contributed by atoms with Gasteiger partial charge in [0, 0.05) is 5.56 Å². The number of nitrogens with one attached hydrogen (secondary N) is 1. The summed E-state index contributed by atoms with van der Waals surface area (Å²) < 4.78 is 5.19. The molecule has 22 heavy (non-hydrogen) atoms. The third-order valence-electron chi connectivity index (χ3n) is 3.14. The van der Waals surface area contributed by atoms with Crippen molar-refractivity contribution in [2.75, 3.05) is 0 Å². The number of nitrogens with zero attached hydrogens (tertiary/aromatic N) is 2. The fourth-order valence-electron chi connectivity index (χ4n) is 2.05. The molecule has 5 heteroatoms. The van der Waals surface area contributed by atoms with E-state index in [9.17, 15) is 4.79 Å². The van der Waals surface area contributed by atoms with E-state index in [-0.39, 0.29) is 12.5 Å². The van der Waals surface area contributed by atoms with Gasteiger partial charge in [0.1, 0.15) is 0 Å². The van der Waals surface area contributed by atoms with E-state index in [0.717, 1.165) is 11.1 Å². The van der Waals surface area contributed by atoms with Crippen LogP contribution in [0, 0.1) is 0 Å². The van der Waals surface area contributed by atoms with Crippen LogP contribution in [0.4, 0.5) is 0 Å². The van der Waals surface area contributed by atoms with Crippen LogP contribution in [0.15, 0.2) is 65.2 Å². The highest BCUT2D eigenvalue weighted by atomic mass is 16.5. The average Bonchev–Trinajstić information content (AvgIpc) is 3.04. The zero-order valence-corrected chi connectivity index (χ0v) is 11.9. The molecule has 0 spiro atoms. The summed E-state index contributed by atoms with van der Waals surface area (Å²) >= 11 is 0. The van der Waals surface area contributed by atoms with Gasteiger partial charge < -0.3 is 9.84 Å². The number of aromatic nitrogens is 2. The van der Waals surface area contributed by atoms with E-state index in [1.807, 2.05) is 60.7 Å². The second kappa shape index (κ2) is 6.67. The third kappa shape index (κ3) is 3.58. The lowest BCUT2D eigenvalue weighted by atomic mass is 10.1. The second-order valence-corrected chi connectivity index (χ2v) is 4.82. The van der Waals surface area contributed by atoms with Gasteiger partial charge in [0.2, 0.25) is 5.91 Å². The van der Waals surface area contributed by atoms with Crippen molar-refractivity contribution in [2.24, 2.45) is 0 Å². The number of benzene rings is 2. The van der Waals surface area contributed by atoms with Crippen molar-refractivity contribution in [3.63, 3.8) is 0 Å². The zero-order chi connectivity index (χ0) is 15.2. The van der Waals surface area contributed by atoms with Crippen LogP contribution in [0.5, 0.6) is 0 Å². The Balaban J connectivity index is 1.56. The number of amides is 1. The van der Waals surface area contributed by atoms with Crippen LogP contribution in [0.2, 0.25) is 0 Å². The average molecular weight is 293 g/mol. The van der Waals surface area contributed by atoms with Crippen molar-refractivity contribution in [3.05, 3.63) is 72.1 Å². The normalized spacial score (nSPS) is 10.4. The fourth-order valence-corrected chi connectivity index (χ4v) is 2.05. The van der Waals surface area contributed by atoms with Crippen molar-refractivity contribution in [1.29, 1.82) is 0 Å². The van der Waals surface area contributed by atoms with Gasteiger partial charge in [-0.25, -0.2) is 0 Å². The maximum Gasteiger partial charge on any atom is 0.257 e. The van der Waals surface area contributed by atoms with Gasteiger partial charge >= 0.3 is 0 Å². The maximum absolute atomic E-state index is 11.9. The van der Waals surface area contributed by atoms with E-state index in [4.69, 9.17) is 4.52 Å². The highest BCUT2D eigenvalue weighted by molar-refractivity contribution is 5.78. The molecular formula is C17H15N3O2. The van der Waals surface area contributed by atoms with Crippen molar-refractivity contribution < 1.29 is 9.32 Å². The standard InChI is InChI=1S/C17H15N3O2/c21-16(11-13-7-3-1-4-8-13)18-12-15-19-17(22-20-15)14-9-5-2-6-10-14/h1-10H,11-12H2,(H,18,21). The van der Waals surface area contributed by atoms with Crippen LogP contribution < -0.4 is 5.32 Å². The number of carbonyl (C=O) groups is 1. The minimum Gasteiger partial charge on any atom is -0.348 e. The van der Waals surface area contributed by atoms with Gasteiger partial charge in [0.25, 0.3) is 5.89 Å². The Hall–Kier alpha value is -2.95. The monoisotopic (exact) mass is 293 g/mol. The summed E-state index contributed by atoms with van der Waals surface area (Å²) in [7, 11) is 0. The Morgan fingerprint density at radius 3 is 2.41 bits per heavy atom. The smallest absolute Gasteiger partial charge is 0.257 e. The zero-order valence-electron chi connectivity index (χ0n) is 11.9. The lowest BCUT2D eigenvalue weighted by molar-refractivity contribution is -0.120. The number of hydrogen-bond acceptors (Lipinski definition) is 4. The van der Waals surface area contributed by atoms with Gasteiger partial charge in [0.05, 0.1) is 13.0 Å². The number of rotatable bonds is 5. The van der Waals surface area contributed by atoms with Crippen molar-refractivity contribution in [3.8, 4) is 11.5 Å². The molecule has 0 aliphatic heterocycles. The first-order valence-corrected chi connectivity index (χ1v) is 7.00. The van der Waals surface area contributed by atoms with Crippen LogP contribution in [-0.4, -0.2) is 16.0 Å². The van der Waals surface area contributed by atoms with Gasteiger partial charge in [-0.3, -0.25) is 4.79 Å². The molecule has 0 saturated carbocycles. The fraction of sp³-hybridized carbons (Fsp3) is 0.118. The molecule has 0 aliphatic rings. The highest BCUT2D eigenvalue weighted by Gasteiger charge is 2.09. The molecule has 2 aromatic carbocycles. The molecule has 3 aromatic rings. The lowest BCUT2D eigenvalue weighted by Crippen LogP contribution is -2.25. The van der Waals surface area contributed by atoms with Gasteiger partial charge in [-0.1, -0.05) is 53.7 Å². The van der Waals surface area contributed by atoms with E-state index in [1.54, 1.807) is 0 Å². The first-order chi connectivity index (χ1) is 10.8. The van der Waals surface area contributed by atoms with E-state index >= 15 is 0 Å². The quantitative estimate of drug-likeness (QED) is 0.785. The summed E-state index contributed by atoms with van der Waals surface area (Å²) in [5.41, 5.74) is 1.83. The minimum atomic E-state index is -0.0720. The largest absolute Gasteiger partial charge is 0.348 e. The molecule has 0 fully saturated rings. The third-order valence-corrected chi connectivity index (χ3v) is 3.14. The summed E-state index contributed by atoms with van der Waals surface area (Å²) in [5, 5.41) is 6.66. The molecule has 0 atom stereocenters. The molecule has 0 bridgehead atoms. The molecule has 110 valence electrons. The Morgan fingerprint density at radius 1 is 1.00 bits per heavy atom. The molecule has 1 aromatic heterocycles. The Kier molecular flexibility index (Phi) is 4.25. The summed E-state index contributed by atoms with van der Waals surface area (Å²) in [4.78, 5) is 16.1. The van der Waals surface area contributed by atoms with E-state index in [1.165, 1.54) is 0 Å². The number of carbonyl (C=O) groups excluding carboxylic acids is 1. The topological polar surface area (TPSA) is 68.0 Å². The predicted octanol–water partition coefficient (Wildman–Crippen LogP) is 2.60. The molecule has 3 rings (SSSR count). The van der Waals surface area contributed by atoms with E-state index < -0.39 is 0 Å². The lowest BCUT2D eigenvalue weighted by Gasteiger charge is -2.02. The number of hydrogen-bond donors (Lipinski definition) is 1. The first-order valence-electron chi connectivity index (χ1n) is 7.00. The highest BCUT2D eigenvalue weighted by Crippen LogP contribution is 2.15. The SMILES string of the molecule is O=C(Cc1ccccc1)NCc1noc(-c2ccccc2)n1. The van der Waals surface area contributed by atoms with Gasteiger partial charge in [-0.05, 0) is 17.7 Å². The van der Waals surface area contributed by atoms with Gasteiger partial charge in [-0.15, -0.1) is 0 Å². The first kappa shape index (κ1) is 14.0. The van der Waals surface area contributed by atoms with Gasteiger partial charge in [0.15, 0.2) is 5.82 Å². The minimum absolute atomic E-state index is 0.0720. The van der Waals surface area contributed by atoms with Crippen molar-refractivity contribution in [2.45, 2.75) is 13.0 Å². The van der Waals surface area contributed by atoms with Crippen LogP contribution in [0.3, 0.4) is 0 Å². The molecule has 1 amide bonds. The summed E-state index contributed by atoms with van der Waals surface area (Å²) in [6.07, 6.45) is 0.338. The van der Waals surface area contributed by atoms with Crippen LogP contribution >= 0.6 is 0 Å². The second-order valence-electron chi connectivity index (χ2n) is 4.82. The van der Waals surface area contributed by atoms with Gasteiger partial charge in [-0.2, -0.15) is 4.98 Å². The molecular weight excluding hydrogens is 278 g/mol. The summed E-state index contributed by atoms with van der Waals surface area (Å²) in [6, 6.07) is 19.1. The Morgan fingerprint density at radius 2 is 1.68 bits per heavy atom. The summed E-state index contributed by atoms with van der Waals surface area (Å²) in [5.74, 6) is 0.838. The molecule has 5 nitrogen and oxygen atoms in total.